The number of rotatable bonds is 3. The average Bonchev–Trinajstić information content (AvgIpc) is 2.42. The van der Waals surface area contributed by atoms with Gasteiger partial charge in [0.25, 0.3) is 0 Å². The van der Waals surface area contributed by atoms with Crippen LogP contribution in [0.25, 0.3) is 0 Å². The van der Waals surface area contributed by atoms with Gasteiger partial charge in [0.15, 0.2) is 0 Å². The lowest BCUT2D eigenvalue weighted by Crippen LogP contribution is -2.19. The van der Waals surface area contributed by atoms with Crippen LogP contribution < -0.4 is 11.1 Å². The normalized spacial score (nSPS) is 11.9. The Hall–Kier alpha value is -2.00. The summed E-state index contributed by atoms with van der Waals surface area (Å²) in [6, 6.07) is 12.9. The number of amides is 1. The van der Waals surface area contributed by atoms with Crippen molar-refractivity contribution >= 4 is 28.9 Å². The Bertz CT molecular complexity index is 640. The van der Waals surface area contributed by atoms with E-state index in [1.54, 1.807) is 12.1 Å². The number of nitrogens with two attached hydrogens (primary N) is 1. The fourth-order valence-corrected chi connectivity index (χ4v) is 2.12. The predicted octanol–water partition coefficient (Wildman–Crippen LogP) is 3.97. The van der Waals surface area contributed by atoms with Gasteiger partial charge in [-0.2, -0.15) is 0 Å². The number of hydrogen-bond donors (Lipinski definition) is 2. The van der Waals surface area contributed by atoms with Gasteiger partial charge in [-0.25, -0.2) is 0 Å². The van der Waals surface area contributed by atoms with Crippen LogP contribution in [0.15, 0.2) is 42.5 Å². The lowest BCUT2D eigenvalue weighted by atomic mass is 9.99. The first kappa shape index (κ1) is 14.4. The van der Waals surface area contributed by atoms with Crippen LogP contribution in [0.3, 0.4) is 0 Å². The molecule has 0 saturated heterocycles. The Kier molecular flexibility index (Phi) is 4.30. The second-order valence-corrected chi connectivity index (χ2v) is 5.27. The van der Waals surface area contributed by atoms with Gasteiger partial charge < -0.3 is 11.1 Å². The Morgan fingerprint density at radius 3 is 2.70 bits per heavy atom. The van der Waals surface area contributed by atoms with Crippen molar-refractivity contribution in [1.29, 1.82) is 0 Å². The maximum atomic E-state index is 12.3. The quantitative estimate of drug-likeness (QED) is 0.840. The molecule has 0 radical (unpaired) electrons. The van der Waals surface area contributed by atoms with Crippen molar-refractivity contribution in [2.45, 2.75) is 19.8 Å². The van der Waals surface area contributed by atoms with Gasteiger partial charge in [0, 0.05) is 5.69 Å². The van der Waals surface area contributed by atoms with Crippen LogP contribution in [-0.2, 0) is 4.79 Å². The standard InChI is InChI=1S/C16H17ClN2O/c1-10-6-7-14(17)15(8-10)19-16(20)11(2)12-4-3-5-13(18)9-12/h3-9,11H,18H2,1-2H3,(H,19,20). The molecule has 0 saturated carbocycles. The van der Waals surface area contributed by atoms with Gasteiger partial charge >= 0.3 is 0 Å². The molecule has 4 heteroatoms. The van der Waals surface area contributed by atoms with Gasteiger partial charge in [-0.05, 0) is 49.2 Å². The Balaban J connectivity index is 2.17. The lowest BCUT2D eigenvalue weighted by molar-refractivity contribution is -0.117. The summed E-state index contributed by atoms with van der Waals surface area (Å²) < 4.78 is 0. The topological polar surface area (TPSA) is 55.1 Å². The summed E-state index contributed by atoms with van der Waals surface area (Å²) in [5.41, 5.74) is 8.94. The Labute approximate surface area is 123 Å². The van der Waals surface area contributed by atoms with E-state index < -0.39 is 0 Å². The van der Waals surface area contributed by atoms with E-state index in [0.29, 0.717) is 16.4 Å². The highest BCUT2D eigenvalue weighted by Gasteiger charge is 2.16. The zero-order chi connectivity index (χ0) is 14.7. The second-order valence-electron chi connectivity index (χ2n) is 4.86. The smallest absolute Gasteiger partial charge is 0.231 e. The van der Waals surface area contributed by atoms with E-state index in [4.69, 9.17) is 17.3 Å². The summed E-state index contributed by atoms with van der Waals surface area (Å²) in [6.45, 7) is 3.79. The monoisotopic (exact) mass is 288 g/mol. The average molecular weight is 289 g/mol. The molecular weight excluding hydrogens is 272 g/mol. The SMILES string of the molecule is Cc1ccc(Cl)c(NC(=O)C(C)c2cccc(N)c2)c1. The van der Waals surface area contributed by atoms with E-state index in [2.05, 4.69) is 5.32 Å². The maximum Gasteiger partial charge on any atom is 0.231 e. The van der Waals surface area contributed by atoms with Crippen molar-refractivity contribution in [2.24, 2.45) is 0 Å². The molecule has 2 aromatic carbocycles. The van der Waals surface area contributed by atoms with Crippen LogP contribution in [0, 0.1) is 6.92 Å². The predicted molar refractivity (Wildman–Crippen MR) is 84.1 cm³/mol. The first-order valence-electron chi connectivity index (χ1n) is 6.40. The summed E-state index contributed by atoms with van der Waals surface area (Å²) in [4.78, 5) is 12.3. The first-order valence-corrected chi connectivity index (χ1v) is 6.77. The van der Waals surface area contributed by atoms with Crippen LogP contribution in [0.2, 0.25) is 5.02 Å². The molecule has 1 amide bonds. The van der Waals surface area contributed by atoms with Crippen LogP contribution >= 0.6 is 11.6 Å². The van der Waals surface area contributed by atoms with E-state index in [1.807, 2.05) is 44.2 Å². The number of nitrogen functional groups attached to an aromatic ring is 1. The number of aryl methyl sites for hydroxylation is 1. The second kappa shape index (κ2) is 5.97. The van der Waals surface area contributed by atoms with E-state index in [9.17, 15) is 4.79 Å². The van der Waals surface area contributed by atoms with E-state index >= 15 is 0 Å². The Morgan fingerprint density at radius 2 is 2.00 bits per heavy atom. The van der Waals surface area contributed by atoms with Crippen molar-refractivity contribution in [3.8, 4) is 0 Å². The number of carbonyl (C=O) groups excluding carboxylic acids is 1. The summed E-state index contributed by atoms with van der Waals surface area (Å²) in [7, 11) is 0. The third-order valence-corrected chi connectivity index (χ3v) is 3.51. The van der Waals surface area contributed by atoms with Crippen LogP contribution in [0.1, 0.15) is 24.0 Å². The molecule has 0 aliphatic carbocycles. The molecule has 3 N–H and O–H groups in total. The fourth-order valence-electron chi connectivity index (χ4n) is 1.96. The molecule has 0 aromatic heterocycles. The molecule has 0 spiro atoms. The van der Waals surface area contributed by atoms with Crippen LogP contribution in [0.5, 0.6) is 0 Å². The number of anilines is 2. The molecule has 0 heterocycles. The molecule has 2 rings (SSSR count). The number of carbonyl (C=O) groups is 1. The van der Waals surface area contributed by atoms with E-state index in [-0.39, 0.29) is 11.8 Å². The number of benzene rings is 2. The Morgan fingerprint density at radius 1 is 1.25 bits per heavy atom. The van der Waals surface area contributed by atoms with Crippen LogP contribution in [-0.4, -0.2) is 5.91 Å². The zero-order valence-electron chi connectivity index (χ0n) is 11.5. The van der Waals surface area contributed by atoms with Gasteiger partial charge in [0.2, 0.25) is 5.91 Å². The maximum absolute atomic E-state index is 12.3. The third-order valence-electron chi connectivity index (χ3n) is 3.18. The molecular formula is C16H17ClN2O. The van der Waals surface area contributed by atoms with Crippen molar-refractivity contribution in [2.75, 3.05) is 11.1 Å². The van der Waals surface area contributed by atoms with Crippen molar-refractivity contribution in [3.63, 3.8) is 0 Å². The lowest BCUT2D eigenvalue weighted by Gasteiger charge is -2.14. The number of hydrogen-bond acceptors (Lipinski definition) is 2. The first-order chi connectivity index (χ1) is 9.47. The number of halogens is 1. The molecule has 0 bridgehead atoms. The molecule has 1 unspecified atom stereocenters. The van der Waals surface area contributed by atoms with E-state index in [0.717, 1.165) is 11.1 Å². The molecule has 0 aliphatic heterocycles. The third kappa shape index (κ3) is 3.31. The molecule has 20 heavy (non-hydrogen) atoms. The zero-order valence-corrected chi connectivity index (χ0v) is 12.2. The van der Waals surface area contributed by atoms with Gasteiger partial charge in [0.05, 0.1) is 16.6 Å². The highest BCUT2D eigenvalue weighted by atomic mass is 35.5. The fraction of sp³-hybridized carbons (Fsp3) is 0.188. The minimum absolute atomic E-state index is 0.108. The highest BCUT2D eigenvalue weighted by molar-refractivity contribution is 6.33. The summed E-state index contributed by atoms with van der Waals surface area (Å²) in [5.74, 6) is -0.404. The van der Waals surface area contributed by atoms with Gasteiger partial charge in [-0.1, -0.05) is 29.8 Å². The largest absolute Gasteiger partial charge is 0.399 e. The molecule has 104 valence electrons. The van der Waals surface area contributed by atoms with Crippen molar-refractivity contribution < 1.29 is 4.79 Å². The van der Waals surface area contributed by atoms with Gasteiger partial charge in [-0.3, -0.25) is 4.79 Å². The summed E-state index contributed by atoms with van der Waals surface area (Å²) in [5, 5.41) is 3.39. The van der Waals surface area contributed by atoms with Gasteiger partial charge in [-0.15, -0.1) is 0 Å². The van der Waals surface area contributed by atoms with Crippen LogP contribution in [0.4, 0.5) is 11.4 Å². The molecule has 3 nitrogen and oxygen atoms in total. The minimum Gasteiger partial charge on any atom is -0.399 e. The van der Waals surface area contributed by atoms with Crippen molar-refractivity contribution in [3.05, 3.63) is 58.6 Å². The molecule has 0 aliphatic rings. The molecule has 0 fully saturated rings. The van der Waals surface area contributed by atoms with E-state index in [1.165, 1.54) is 0 Å². The molecule has 1 atom stereocenters. The van der Waals surface area contributed by atoms with Crippen molar-refractivity contribution in [1.82, 2.24) is 0 Å². The summed E-state index contributed by atoms with van der Waals surface area (Å²) >= 11 is 6.08. The minimum atomic E-state index is -0.296. The number of nitrogens with one attached hydrogen (secondary N) is 1. The highest BCUT2D eigenvalue weighted by Crippen LogP contribution is 2.25. The van der Waals surface area contributed by atoms with Gasteiger partial charge in [0.1, 0.15) is 0 Å². The summed E-state index contributed by atoms with van der Waals surface area (Å²) in [6.07, 6.45) is 0. The molecule has 2 aromatic rings.